The highest BCUT2D eigenvalue weighted by Crippen LogP contribution is 2.33. The first-order valence-electron chi connectivity index (χ1n) is 9.90. The third kappa shape index (κ3) is 4.57. The molecule has 1 aliphatic rings. The van der Waals surface area contributed by atoms with Gasteiger partial charge in [0.1, 0.15) is 18.0 Å². The van der Waals surface area contributed by atoms with Crippen molar-refractivity contribution in [2.24, 2.45) is 5.73 Å². The van der Waals surface area contributed by atoms with E-state index in [9.17, 15) is 15.0 Å². The predicted octanol–water partition coefficient (Wildman–Crippen LogP) is -0.297. The zero-order valence-corrected chi connectivity index (χ0v) is 17.8. The molecule has 2 aromatic heterocycles. The number of rotatable bonds is 6. The molecule has 5 N–H and O–H groups in total. The second kappa shape index (κ2) is 9.39. The van der Waals surface area contributed by atoms with Crippen molar-refractivity contribution in [3.63, 3.8) is 0 Å². The Bertz CT molecular complexity index is 1220. The standard InChI is InChI=1S/C21H22N6O6/c1-31-12-6-3-11(4-7-12)5-8-15-24-19(26-32-2)16-20(25-15)27(10-23-16)21-18(30)17(29)13(33-21)9-14(22)28/h3-4,6-7,10,13,17-18,21,29-30H,9H2,1-2H3,(H2,22,28)(H,24,25,26)/t13-,17+,18+,21+/m0/s1. The number of benzene rings is 1. The molecule has 0 spiro atoms. The van der Waals surface area contributed by atoms with E-state index in [1.165, 1.54) is 18.0 Å². The van der Waals surface area contributed by atoms with E-state index >= 15 is 0 Å². The number of carbonyl (C=O) groups is 1. The molecule has 0 radical (unpaired) electrons. The summed E-state index contributed by atoms with van der Waals surface area (Å²) in [6, 6.07) is 7.17. The highest BCUT2D eigenvalue weighted by atomic mass is 16.6. The number of methoxy groups -OCH3 is 1. The van der Waals surface area contributed by atoms with Gasteiger partial charge in [0.25, 0.3) is 0 Å². The molecule has 1 aromatic carbocycles. The molecule has 0 aliphatic carbocycles. The average Bonchev–Trinajstić information content (AvgIpc) is 3.34. The van der Waals surface area contributed by atoms with E-state index in [2.05, 4.69) is 32.3 Å². The van der Waals surface area contributed by atoms with Gasteiger partial charge >= 0.3 is 0 Å². The number of aromatic nitrogens is 4. The lowest BCUT2D eigenvalue weighted by Crippen LogP contribution is -2.33. The van der Waals surface area contributed by atoms with Crippen LogP contribution in [0.1, 0.15) is 24.0 Å². The number of hydrogen-bond donors (Lipinski definition) is 4. The van der Waals surface area contributed by atoms with Crippen molar-refractivity contribution in [2.45, 2.75) is 31.0 Å². The number of nitrogens with one attached hydrogen (secondary N) is 1. The van der Waals surface area contributed by atoms with Gasteiger partial charge in [-0.25, -0.2) is 15.4 Å². The normalized spacial score (nSPS) is 22.1. The van der Waals surface area contributed by atoms with E-state index in [4.69, 9.17) is 20.0 Å². The number of hydrogen-bond acceptors (Lipinski definition) is 10. The fraction of sp³-hybridized carbons (Fsp3) is 0.333. The molecule has 1 saturated heterocycles. The van der Waals surface area contributed by atoms with Crippen molar-refractivity contribution in [1.29, 1.82) is 0 Å². The molecule has 4 atom stereocenters. The maximum Gasteiger partial charge on any atom is 0.220 e. The number of nitrogens with zero attached hydrogens (tertiary/aromatic N) is 4. The summed E-state index contributed by atoms with van der Waals surface area (Å²) in [6.07, 6.45) is -3.53. The molecule has 4 rings (SSSR count). The molecule has 0 unspecified atom stereocenters. The number of fused-ring (bicyclic) bond motifs is 1. The van der Waals surface area contributed by atoms with Gasteiger partial charge in [-0.05, 0) is 30.2 Å². The van der Waals surface area contributed by atoms with Crippen LogP contribution >= 0.6 is 0 Å². The van der Waals surface area contributed by atoms with E-state index in [1.54, 1.807) is 31.4 Å². The SMILES string of the molecule is CONc1nc(C#Cc2ccc(OC)cc2)nc2c1ncn2[C@@H]1O[C@@H](CC(N)=O)[C@@H](O)[C@H]1O. The van der Waals surface area contributed by atoms with E-state index in [0.29, 0.717) is 11.3 Å². The van der Waals surface area contributed by atoms with Crippen molar-refractivity contribution >= 4 is 22.9 Å². The minimum absolute atomic E-state index is 0.154. The van der Waals surface area contributed by atoms with Crippen LogP contribution in [-0.2, 0) is 14.4 Å². The molecule has 1 aliphatic heterocycles. The number of nitrogens with two attached hydrogens (primary N) is 1. The maximum atomic E-state index is 11.3. The van der Waals surface area contributed by atoms with Crippen molar-refractivity contribution in [1.82, 2.24) is 19.5 Å². The summed E-state index contributed by atoms with van der Waals surface area (Å²) in [5.74, 6) is 6.31. The number of anilines is 1. The second-order valence-electron chi connectivity index (χ2n) is 7.22. The van der Waals surface area contributed by atoms with Gasteiger partial charge in [-0.2, -0.15) is 4.98 Å². The van der Waals surface area contributed by atoms with Gasteiger partial charge < -0.3 is 25.4 Å². The van der Waals surface area contributed by atoms with Crippen LogP contribution in [0.2, 0.25) is 0 Å². The fourth-order valence-corrected chi connectivity index (χ4v) is 3.45. The van der Waals surface area contributed by atoms with Crippen LogP contribution in [-0.4, -0.2) is 68.2 Å². The van der Waals surface area contributed by atoms with Crippen LogP contribution in [0.15, 0.2) is 30.6 Å². The zero-order valence-electron chi connectivity index (χ0n) is 17.8. The average molecular weight is 454 g/mol. The summed E-state index contributed by atoms with van der Waals surface area (Å²) < 4.78 is 12.3. The van der Waals surface area contributed by atoms with Crippen LogP contribution in [0.3, 0.4) is 0 Å². The Balaban J connectivity index is 1.72. The Morgan fingerprint density at radius 2 is 1.97 bits per heavy atom. The first-order chi connectivity index (χ1) is 15.9. The molecule has 12 nitrogen and oxygen atoms in total. The molecule has 3 heterocycles. The second-order valence-corrected chi connectivity index (χ2v) is 7.22. The lowest BCUT2D eigenvalue weighted by atomic mass is 10.1. The summed E-state index contributed by atoms with van der Waals surface area (Å²) >= 11 is 0. The van der Waals surface area contributed by atoms with Gasteiger partial charge in [-0.15, -0.1) is 0 Å². The molecule has 0 bridgehead atoms. The molecule has 33 heavy (non-hydrogen) atoms. The molecule has 12 heteroatoms. The number of aliphatic hydroxyl groups is 2. The number of primary amides is 1. The number of ether oxygens (including phenoxy) is 2. The van der Waals surface area contributed by atoms with Gasteiger partial charge in [0.05, 0.1) is 33.1 Å². The molecular weight excluding hydrogens is 432 g/mol. The quantitative estimate of drug-likeness (QED) is 0.287. The maximum absolute atomic E-state index is 11.3. The fourth-order valence-electron chi connectivity index (χ4n) is 3.45. The minimum atomic E-state index is -1.34. The summed E-state index contributed by atoms with van der Waals surface area (Å²) in [4.78, 5) is 29.3. The number of imidazole rings is 1. The molecule has 1 amide bonds. The summed E-state index contributed by atoms with van der Waals surface area (Å²) in [5, 5.41) is 20.8. The van der Waals surface area contributed by atoms with Gasteiger partial charge in [-0.1, -0.05) is 5.92 Å². The van der Waals surface area contributed by atoms with Crippen LogP contribution < -0.4 is 16.0 Å². The van der Waals surface area contributed by atoms with Crippen LogP contribution in [0.4, 0.5) is 5.82 Å². The number of aliphatic hydroxyl groups excluding tert-OH is 2. The van der Waals surface area contributed by atoms with E-state index in [1.807, 2.05) is 0 Å². The van der Waals surface area contributed by atoms with E-state index in [0.717, 1.165) is 5.56 Å². The highest BCUT2D eigenvalue weighted by molar-refractivity contribution is 5.83. The van der Waals surface area contributed by atoms with Crippen molar-refractivity contribution in [2.75, 3.05) is 19.7 Å². The first-order valence-corrected chi connectivity index (χ1v) is 9.90. The molecule has 0 saturated carbocycles. The topological polar surface area (TPSA) is 167 Å². The molecule has 3 aromatic rings. The summed E-state index contributed by atoms with van der Waals surface area (Å²) in [5.41, 5.74) is 9.18. The predicted molar refractivity (Wildman–Crippen MR) is 115 cm³/mol. The van der Waals surface area contributed by atoms with E-state index < -0.39 is 30.4 Å². The van der Waals surface area contributed by atoms with Crippen molar-refractivity contribution < 1.29 is 29.3 Å². The lowest BCUT2D eigenvalue weighted by Gasteiger charge is -2.16. The smallest absolute Gasteiger partial charge is 0.220 e. The summed E-state index contributed by atoms with van der Waals surface area (Å²) in [6.45, 7) is 0. The Morgan fingerprint density at radius 1 is 1.21 bits per heavy atom. The first kappa shape index (κ1) is 22.4. The van der Waals surface area contributed by atoms with Gasteiger partial charge in [-0.3, -0.25) is 14.2 Å². The van der Waals surface area contributed by atoms with Gasteiger partial charge in [0.15, 0.2) is 23.2 Å². The highest BCUT2D eigenvalue weighted by Gasteiger charge is 2.44. The largest absolute Gasteiger partial charge is 0.497 e. The Hall–Kier alpha value is -3.76. The third-order valence-electron chi connectivity index (χ3n) is 5.04. The van der Waals surface area contributed by atoms with Gasteiger partial charge in [0.2, 0.25) is 11.7 Å². The Kier molecular flexibility index (Phi) is 6.38. The monoisotopic (exact) mass is 454 g/mol. The zero-order chi connectivity index (χ0) is 23.5. The minimum Gasteiger partial charge on any atom is -0.497 e. The lowest BCUT2D eigenvalue weighted by molar-refractivity contribution is -0.122. The number of amides is 1. The Labute approximate surface area is 188 Å². The number of carbonyl (C=O) groups excluding carboxylic acids is 1. The van der Waals surface area contributed by atoms with E-state index in [-0.39, 0.29) is 23.7 Å². The molecular formula is C21H22N6O6. The molecule has 172 valence electrons. The van der Waals surface area contributed by atoms with Crippen LogP contribution in [0.5, 0.6) is 5.75 Å². The van der Waals surface area contributed by atoms with Crippen molar-refractivity contribution in [3.8, 4) is 17.6 Å². The van der Waals surface area contributed by atoms with Gasteiger partial charge in [0, 0.05) is 5.56 Å². The Morgan fingerprint density at radius 3 is 2.64 bits per heavy atom. The van der Waals surface area contributed by atoms with Crippen molar-refractivity contribution in [3.05, 3.63) is 42.0 Å². The van der Waals surface area contributed by atoms with Crippen LogP contribution in [0.25, 0.3) is 11.2 Å². The third-order valence-corrected chi connectivity index (χ3v) is 5.04. The summed E-state index contributed by atoms with van der Waals surface area (Å²) in [7, 11) is 3.00. The molecule has 1 fully saturated rings. The van der Waals surface area contributed by atoms with Crippen LogP contribution in [0, 0.1) is 11.8 Å².